The van der Waals surface area contributed by atoms with Gasteiger partial charge in [-0.25, -0.2) is 9.59 Å². The molecule has 0 unspecified atom stereocenters. The third-order valence-corrected chi connectivity index (χ3v) is 5.16. The number of ketones is 1. The lowest BCUT2D eigenvalue weighted by Gasteiger charge is -2.20. The van der Waals surface area contributed by atoms with Gasteiger partial charge < -0.3 is 25.7 Å². The van der Waals surface area contributed by atoms with E-state index in [-0.39, 0.29) is 16.4 Å². The van der Waals surface area contributed by atoms with Crippen LogP contribution in [0.15, 0.2) is 54.7 Å². The zero-order valence-corrected chi connectivity index (χ0v) is 17.9. The van der Waals surface area contributed by atoms with Crippen LogP contribution in [0.25, 0.3) is 10.9 Å². The number of rotatable bonds is 10. The molecule has 1 amide bonds. The quantitative estimate of drug-likeness (QED) is 0.169. The number of hydrogen-bond donors (Lipinski definition) is 5. The normalized spacial score (nSPS) is 12.6. The second kappa shape index (κ2) is 10.6. The first-order valence-electron chi connectivity index (χ1n) is 10.2. The molecule has 0 aliphatic heterocycles. The average Bonchev–Trinajstić information content (AvgIpc) is 3.22. The number of ether oxygens (including phenoxy) is 1. The highest BCUT2D eigenvalue weighted by atomic mass is 16.6. The molecule has 11 nitrogen and oxygen atoms in total. The van der Waals surface area contributed by atoms with Gasteiger partial charge >= 0.3 is 18.0 Å². The van der Waals surface area contributed by atoms with Crippen molar-refractivity contribution in [2.24, 2.45) is 5.73 Å². The Hall–Kier alpha value is -4.22. The predicted octanol–water partition coefficient (Wildman–Crippen LogP) is 2.18. The highest BCUT2D eigenvalue weighted by molar-refractivity contribution is 6.00. The summed E-state index contributed by atoms with van der Waals surface area (Å²) in [5, 5.41) is 28.2. The fourth-order valence-corrected chi connectivity index (χ4v) is 3.44. The molecule has 0 fully saturated rings. The molecule has 0 aliphatic rings. The average molecular weight is 469 g/mol. The van der Waals surface area contributed by atoms with Crippen molar-refractivity contribution in [1.82, 2.24) is 10.0 Å². The van der Waals surface area contributed by atoms with E-state index in [4.69, 9.17) is 20.7 Å². The van der Waals surface area contributed by atoms with Gasteiger partial charge in [0.2, 0.25) is 0 Å². The summed E-state index contributed by atoms with van der Waals surface area (Å²) in [7, 11) is 0. The maximum absolute atomic E-state index is 12.9. The van der Waals surface area contributed by atoms with Crippen molar-refractivity contribution in [2.75, 3.05) is 0 Å². The number of aromatic nitrogens is 1. The number of benzene rings is 2. The number of nitrogens with zero attached hydrogens (tertiary/aromatic N) is 1. The number of fused-ring (bicyclic) bond motifs is 1. The van der Waals surface area contributed by atoms with Crippen molar-refractivity contribution >= 4 is 34.7 Å². The van der Waals surface area contributed by atoms with Crippen LogP contribution in [0.1, 0.15) is 27.9 Å². The summed E-state index contributed by atoms with van der Waals surface area (Å²) in [5.74, 6) is -3.55. The third-order valence-electron chi connectivity index (χ3n) is 5.16. The van der Waals surface area contributed by atoms with Crippen LogP contribution in [0.4, 0.5) is 4.79 Å². The van der Waals surface area contributed by atoms with E-state index in [0.29, 0.717) is 12.0 Å². The largest absolute Gasteiger partial charge is 0.481 e. The third kappa shape index (κ3) is 5.77. The van der Waals surface area contributed by atoms with Crippen LogP contribution < -0.4 is 5.73 Å². The molecule has 178 valence electrons. The van der Waals surface area contributed by atoms with Crippen LogP contribution in [0, 0.1) is 0 Å². The number of amides is 1. The second-order valence-corrected chi connectivity index (χ2v) is 7.59. The van der Waals surface area contributed by atoms with E-state index in [1.165, 1.54) is 6.07 Å². The van der Waals surface area contributed by atoms with Crippen molar-refractivity contribution in [3.05, 3.63) is 71.4 Å². The summed E-state index contributed by atoms with van der Waals surface area (Å²) in [6.07, 6.45) is -0.342. The first kappa shape index (κ1) is 24.4. The maximum Gasteiger partial charge on any atom is 0.434 e. The molecule has 2 aromatic carbocycles. The van der Waals surface area contributed by atoms with Gasteiger partial charge in [0, 0.05) is 22.7 Å². The molecule has 2 atom stereocenters. The molecule has 3 aromatic rings. The monoisotopic (exact) mass is 469 g/mol. The van der Waals surface area contributed by atoms with E-state index in [9.17, 15) is 24.4 Å². The maximum atomic E-state index is 12.9. The van der Waals surface area contributed by atoms with Gasteiger partial charge in [-0.05, 0) is 29.7 Å². The Bertz CT molecular complexity index is 1220. The number of carboxylic acids is 2. The molecule has 6 N–H and O–H groups in total. The number of hydroxylamine groups is 2. The Labute approximate surface area is 193 Å². The van der Waals surface area contributed by atoms with Crippen molar-refractivity contribution in [3.63, 3.8) is 0 Å². The summed E-state index contributed by atoms with van der Waals surface area (Å²) in [4.78, 5) is 49.8. The number of aromatic amines is 1. The van der Waals surface area contributed by atoms with Gasteiger partial charge in [0.05, 0.1) is 12.5 Å². The Balaban J connectivity index is 1.63. The van der Waals surface area contributed by atoms with Crippen LogP contribution in [-0.4, -0.2) is 61.4 Å². The zero-order chi connectivity index (χ0) is 24.8. The van der Waals surface area contributed by atoms with E-state index in [0.717, 1.165) is 16.5 Å². The van der Waals surface area contributed by atoms with Crippen LogP contribution in [0.5, 0.6) is 0 Å². The van der Waals surface area contributed by atoms with Crippen LogP contribution >= 0.6 is 0 Å². The summed E-state index contributed by atoms with van der Waals surface area (Å²) in [6.45, 7) is -0.395. The minimum atomic E-state index is -2.01. The van der Waals surface area contributed by atoms with E-state index >= 15 is 0 Å². The SMILES string of the molecule is N[C@@H](Cc1c[nH]c2ccccc12)C(=O)c1cccc(COC(=O)N(O)[C@@H](CC(=O)O)C(=O)O)c1. The van der Waals surface area contributed by atoms with Crippen molar-refractivity contribution in [3.8, 4) is 0 Å². The number of nitrogens with one attached hydrogen (secondary N) is 1. The molecule has 0 spiro atoms. The Morgan fingerprint density at radius 3 is 2.50 bits per heavy atom. The van der Waals surface area contributed by atoms with Crippen LogP contribution in [0.3, 0.4) is 0 Å². The topological polar surface area (TPSA) is 183 Å². The second-order valence-electron chi connectivity index (χ2n) is 7.59. The number of nitrogens with two attached hydrogens (primary N) is 1. The van der Waals surface area contributed by atoms with Crippen molar-refractivity contribution in [2.45, 2.75) is 31.5 Å². The fourth-order valence-electron chi connectivity index (χ4n) is 3.44. The van der Waals surface area contributed by atoms with Gasteiger partial charge in [-0.15, -0.1) is 0 Å². The molecule has 34 heavy (non-hydrogen) atoms. The minimum absolute atomic E-state index is 0.288. The summed E-state index contributed by atoms with van der Waals surface area (Å²) in [6, 6.07) is 11.0. The van der Waals surface area contributed by atoms with Crippen LogP contribution in [0.2, 0.25) is 0 Å². The van der Waals surface area contributed by atoms with Crippen LogP contribution in [-0.2, 0) is 27.4 Å². The van der Waals surface area contributed by atoms with E-state index < -0.39 is 43.1 Å². The molecule has 0 saturated heterocycles. The highest BCUT2D eigenvalue weighted by Crippen LogP contribution is 2.20. The molecular formula is C23H23N3O8. The van der Waals surface area contributed by atoms with E-state index in [2.05, 4.69) is 4.98 Å². The highest BCUT2D eigenvalue weighted by Gasteiger charge is 2.32. The lowest BCUT2D eigenvalue weighted by molar-refractivity contribution is -0.167. The molecule has 1 aromatic heterocycles. The number of Topliss-reactive ketones (excluding diaryl/α,β-unsaturated/α-hetero) is 1. The summed E-state index contributed by atoms with van der Waals surface area (Å²) < 4.78 is 4.87. The predicted molar refractivity (Wildman–Crippen MR) is 118 cm³/mol. The summed E-state index contributed by atoms with van der Waals surface area (Å²) >= 11 is 0. The Morgan fingerprint density at radius 2 is 1.79 bits per heavy atom. The Kier molecular flexibility index (Phi) is 7.61. The molecule has 11 heteroatoms. The van der Waals surface area contributed by atoms with E-state index in [1.807, 2.05) is 30.5 Å². The number of carbonyl (C=O) groups is 4. The molecule has 0 radical (unpaired) electrons. The lowest BCUT2D eigenvalue weighted by atomic mass is 9.97. The molecular weight excluding hydrogens is 446 g/mol. The molecule has 0 bridgehead atoms. The molecule has 3 rings (SSSR count). The molecule has 0 saturated carbocycles. The number of carbonyl (C=O) groups excluding carboxylic acids is 2. The zero-order valence-electron chi connectivity index (χ0n) is 17.9. The fraction of sp³-hybridized carbons (Fsp3) is 0.217. The van der Waals surface area contributed by atoms with Gasteiger partial charge in [0.25, 0.3) is 0 Å². The molecule has 0 aliphatic carbocycles. The van der Waals surface area contributed by atoms with Gasteiger partial charge in [-0.2, -0.15) is 5.06 Å². The lowest BCUT2D eigenvalue weighted by Crippen LogP contribution is -2.44. The smallest absolute Gasteiger partial charge is 0.434 e. The first-order chi connectivity index (χ1) is 16.2. The number of carboxylic acid groups (broad SMARTS) is 2. The number of aliphatic carboxylic acids is 2. The summed E-state index contributed by atoms with van der Waals surface area (Å²) in [5.41, 5.74) is 8.67. The molecule has 1 heterocycles. The Morgan fingerprint density at radius 1 is 1.06 bits per heavy atom. The standard InChI is InChI=1S/C23H23N3O8/c24-17(9-15-11-25-18-7-2-1-6-16(15)18)21(29)14-5-3-4-13(8-14)12-34-23(32)26(33)19(22(30)31)10-20(27)28/h1-8,11,17,19,25,33H,9-10,12,24H2,(H,27,28)(H,30,31)/t17-,19-/m0/s1. The minimum Gasteiger partial charge on any atom is -0.481 e. The van der Waals surface area contributed by atoms with Gasteiger partial charge in [0.1, 0.15) is 6.61 Å². The van der Waals surface area contributed by atoms with E-state index in [1.54, 1.807) is 18.2 Å². The van der Waals surface area contributed by atoms with Gasteiger partial charge in [0.15, 0.2) is 11.8 Å². The first-order valence-corrected chi connectivity index (χ1v) is 10.2. The van der Waals surface area contributed by atoms with Gasteiger partial charge in [-0.3, -0.25) is 14.8 Å². The number of H-pyrrole nitrogens is 1. The van der Waals surface area contributed by atoms with Gasteiger partial charge in [-0.1, -0.05) is 36.4 Å². The van der Waals surface area contributed by atoms with Crippen molar-refractivity contribution in [1.29, 1.82) is 0 Å². The number of para-hydroxylation sites is 1. The number of hydrogen-bond acceptors (Lipinski definition) is 7. The van der Waals surface area contributed by atoms with Crippen molar-refractivity contribution < 1.29 is 39.3 Å².